The molecule has 0 aromatic heterocycles. The lowest BCUT2D eigenvalue weighted by molar-refractivity contribution is 0.0778. The maximum Gasteiger partial charge on any atom is 0.254 e. The van der Waals surface area contributed by atoms with Gasteiger partial charge in [0.25, 0.3) is 5.91 Å². The Morgan fingerprint density at radius 1 is 1.41 bits per heavy atom. The van der Waals surface area contributed by atoms with Crippen molar-refractivity contribution in [3.8, 4) is 11.5 Å². The van der Waals surface area contributed by atoms with E-state index in [1.807, 2.05) is 0 Å². The van der Waals surface area contributed by atoms with E-state index in [1.165, 1.54) is 23.1 Å². The smallest absolute Gasteiger partial charge is 0.254 e. The standard InChI is InChI=1S/C11H14N2O3S/c1-6(10(12)17)13(2)11(16)7-3-4-8(14)9(15)5-7/h3-6,14-15H,1-2H3,(H2,12,17). The van der Waals surface area contributed by atoms with Gasteiger partial charge in [-0.3, -0.25) is 4.79 Å². The van der Waals surface area contributed by atoms with Crippen LogP contribution < -0.4 is 5.73 Å². The zero-order valence-electron chi connectivity index (χ0n) is 9.54. The van der Waals surface area contributed by atoms with Gasteiger partial charge in [-0.1, -0.05) is 12.2 Å². The number of nitrogens with zero attached hydrogens (tertiary/aromatic N) is 1. The van der Waals surface area contributed by atoms with E-state index < -0.39 is 0 Å². The Hall–Kier alpha value is -1.82. The van der Waals surface area contributed by atoms with Crippen molar-refractivity contribution >= 4 is 23.1 Å². The van der Waals surface area contributed by atoms with E-state index in [0.29, 0.717) is 0 Å². The fourth-order valence-electron chi connectivity index (χ4n) is 1.23. The second kappa shape index (κ2) is 5.01. The Kier molecular flexibility index (Phi) is 3.90. The SMILES string of the molecule is CC(C(N)=S)N(C)C(=O)c1ccc(O)c(O)c1. The van der Waals surface area contributed by atoms with E-state index in [0.717, 1.165) is 0 Å². The minimum Gasteiger partial charge on any atom is -0.504 e. The summed E-state index contributed by atoms with van der Waals surface area (Å²) in [7, 11) is 1.57. The Bertz CT molecular complexity index is 462. The molecule has 1 unspecified atom stereocenters. The topological polar surface area (TPSA) is 86.8 Å². The number of thiocarbonyl (C=S) groups is 1. The minimum absolute atomic E-state index is 0.212. The molecule has 0 saturated heterocycles. The van der Waals surface area contributed by atoms with E-state index in [-0.39, 0.29) is 34.0 Å². The molecule has 0 bridgehead atoms. The zero-order valence-corrected chi connectivity index (χ0v) is 10.4. The van der Waals surface area contributed by atoms with Crippen LogP contribution in [0.15, 0.2) is 18.2 Å². The van der Waals surface area contributed by atoms with Gasteiger partial charge < -0.3 is 20.8 Å². The molecule has 1 atom stereocenters. The predicted octanol–water partition coefficient (Wildman–Crippen LogP) is 0.844. The van der Waals surface area contributed by atoms with E-state index in [4.69, 9.17) is 23.1 Å². The second-order valence-corrected chi connectivity index (χ2v) is 4.17. The quantitative estimate of drug-likeness (QED) is 0.550. The Morgan fingerprint density at radius 3 is 2.47 bits per heavy atom. The Morgan fingerprint density at radius 2 is 2.00 bits per heavy atom. The maximum atomic E-state index is 12.0. The number of carbonyl (C=O) groups is 1. The highest BCUT2D eigenvalue weighted by molar-refractivity contribution is 7.80. The van der Waals surface area contributed by atoms with Crippen LogP contribution in [-0.2, 0) is 0 Å². The molecule has 0 aliphatic heterocycles. The summed E-state index contributed by atoms with van der Waals surface area (Å²) in [5, 5.41) is 18.5. The highest BCUT2D eigenvalue weighted by Crippen LogP contribution is 2.25. The van der Waals surface area contributed by atoms with E-state index >= 15 is 0 Å². The summed E-state index contributed by atoms with van der Waals surface area (Å²) in [5.74, 6) is -0.945. The fraction of sp³-hybridized carbons (Fsp3) is 0.273. The van der Waals surface area contributed by atoms with E-state index in [1.54, 1.807) is 14.0 Å². The molecule has 0 spiro atoms. The van der Waals surface area contributed by atoms with Crippen molar-refractivity contribution < 1.29 is 15.0 Å². The number of nitrogens with two attached hydrogens (primary N) is 1. The molecule has 92 valence electrons. The number of amides is 1. The fourth-order valence-corrected chi connectivity index (χ4v) is 1.38. The van der Waals surface area contributed by atoms with Gasteiger partial charge in [-0.15, -0.1) is 0 Å². The minimum atomic E-state index is -0.381. The van der Waals surface area contributed by atoms with Crippen molar-refractivity contribution in [1.82, 2.24) is 4.90 Å². The lowest BCUT2D eigenvalue weighted by atomic mass is 10.1. The molecule has 1 amide bonds. The molecule has 0 saturated carbocycles. The van der Waals surface area contributed by atoms with E-state index in [9.17, 15) is 9.90 Å². The average molecular weight is 254 g/mol. The Labute approximate surface area is 104 Å². The number of phenolic OH excluding ortho intramolecular Hbond substituents is 2. The number of likely N-dealkylation sites (N-methyl/N-ethyl adjacent to an activating group) is 1. The number of carbonyl (C=O) groups excluding carboxylic acids is 1. The second-order valence-electron chi connectivity index (χ2n) is 3.70. The van der Waals surface area contributed by atoms with Crippen molar-refractivity contribution in [3.63, 3.8) is 0 Å². The first-order valence-corrected chi connectivity index (χ1v) is 5.34. The van der Waals surface area contributed by atoms with Gasteiger partial charge in [0, 0.05) is 12.6 Å². The predicted molar refractivity (Wildman–Crippen MR) is 68.1 cm³/mol. The highest BCUT2D eigenvalue weighted by Gasteiger charge is 2.19. The molecular formula is C11H14N2O3S. The molecule has 4 N–H and O–H groups in total. The van der Waals surface area contributed by atoms with Crippen LogP contribution in [-0.4, -0.2) is 39.1 Å². The molecule has 0 aliphatic rings. The van der Waals surface area contributed by atoms with Crippen LogP contribution in [0.4, 0.5) is 0 Å². The maximum absolute atomic E-state index is 12.0. The van der Waals surface area contributed by atoms with E-state index in [2.05, 4.69) is 0 Å². The highest BCUT2D eigenvalue weighted by atomic mass is 32.1. The summed E-state index contributed by atoms with van der Waals surface area (Å²) >= 11 is 4.80. The van der Waals surface area contributed by atoms with Gasteiger partial charge in [0.15, 0.2) is 11.5 Å². The summed E-state index contributed by atoms with van der Waals surface area (Å²) in [4.78, 5) is 13.6. The number of phenols is 2. The summed E-state index contributed by atoms with van der Waals surface area (Å²) in [6.45, 7) is 1.71. The van der Waals surface area contributed by atoms with Gasteiger partial charge in [0.05, 0.1) is 11.0 Å². The number of benzene rings is 1. The first kappa shape index (κ1) is 13.2. The van der Waals surface area contributed by atoms with Gasteiger partial charge >= 0.3 is 0 Å². The average Bonchev–Trinajstić information content (AvgIpc) is 2.29. The summed E-state index contributed by atoms with van der Waals surface area (Å²) in [5.41, 5.74) is 5.71. The van der Waals surface area contributed by atoms with Gasteiger partial charge in [0.2, 0.25) is 0 Å². The van der Waals surface area contributed by atoms with Crippen LogP contribution in [0.25, 0.3) is 0 Å². The molecule has 1 rings (SSSR count). The largest absolute Gasteiger partial charge is 0.504 e. The molecule has 0 fully saturated rings. The molecule has 0 radical (unpaired) electrons. The molecular weight excluding hydrogens is 240 g/mol. The van der Waals surface area contributed by atoms with Crippen molar-refractivity contribution in [2.24, 2.45) is 5.73 Å². The molecule has 5 nitrogen and oxygen atoms in total. The molecule has 0 aliphatic carbocycles. The third-order valence-corrected chi connectivity index (χ3v) is 2.88. The van der Waals surface area contributed by atoms with Crippen molar-refractivity contribution in [3.05, 3.63) is 23.8 Å². The van der Waals surface area contributed by atoms with Crippen LogP contribution in [0.2, 0.25) is 0 Å². The molecule has 17 heavy (non-hydrogen) atoms. The van der Waals surface area contributed by atoms with Crippen molar-refractivity contribution in [2.45, 2.75) is 13.0 Å². The number of hydrogen-bond donors (Lipinski definition) is 3. The van der Waals surface area contributed by atoms with Gasteiger partial charge in [-0.2, -0.15) is 0 Å². The van der Waals surface area contributed by atoms with Crippen LogP contribution in [0, 0.1) is 0 Å². The summed E-state index contributed by atoms with van der Waals surface area (Å²) in [6, 6.07) is 3.48. The zero-order chi connectivity index (χ0) is 13.2. The van der Waals surface area contributed by atoms with Gasteiger partial charge in [-0.05, 0) is 25.1 Å². The summed E-state index contributed by atoms with van der Waals surface area (Å²) in [6.07, 6.45) is 0. The Balaban J connectivity index is 2.96. The van der Waals surface area contributed by atoms with Crippen LogP contribution in [0.3, 0.4) is 0 Å². The third-order valence-electron chi connectivity index (χ3n) is 2.54. The van der Waals surface area contributed by atoms with Crippen LogP contribution in [0.5, 0.6) is 11.5 Å². The molecule has 6 heteroatoms. The number of aromatic hydroxyl groups is 2. The number of rotatable bonds is 3. The number of hydrogen-bond acceptors (Lipinski definition) is 4. The lowest BCUT2D eigenvalue weighted by Crippen LogP contribution is -2.42. The van der Waals surface area contributed by atoms with Crippen LogP contribution >= 0.6 is 12.2 Å². The normalized spacial score (nSPS) is 11.9. The monoisotopic (exact) mass is 254 g/mol. The van der Waals surface area contributed by atoms with Crippen LogP contribution in [0.1, 0.15) is 17.3 Å². The third kappa shape index (κ3) is 2.85. The van der Waals surface area contributed by atoms with Crippen molar-refractivity contribution in [2.75, 3.05) is 7.05 Å². The molecule has 1 aromatic rings. The first-order valence-electron chi connectivity index (χ1n) is 4.93. The molecule has 0 heterocycles. The first-order chi connectivity index (χ1) is 7.84. The van der Waals surface area contributed by atoms with Gasteiger partial charge in [0.1, 0.15) is 0 Å². The van der Waals surface area contributed by atoms with Gasteiger partial charge in [-0.25, -0.2) is 0 Å². The lowest BCUT2D eigenvalue weighted by Gasteiger charge is -2.24. The summed E-state index contributed by atoms with van der Waals surface area (Å²) < 4.78 is 0. The van der Waals surface area contributed by atoms with Crippen molar-refractivity contribution in [1.29, 1.82) is 0 Å². The molecule has 1 aromatic carbocycles.